The molecule has 5 heteroatoms. The van der Waals surface area contributed by atoms with Crippen LogP contribution in [0.5, 0.6) is 0 Å². The van der Waals surface area contributed by atoms with Crippen LogP contribution in [-0.4, -0.2) is 29.3 Å². The van der Waals surface area contributed by atoms with E-state index in [0.29, 0.717) is 0 Å². The van der Waals surface area contributed by atoms with Gasteiger partial charge >= 0.3 is 0 Å². The van der Waals surface area contributed by atoms with Gasteiger partial charge in [-0.3, -0.25) is 9.67 Å². The molecule has 0 aliphatic heterocycles. The van der Waals surface area contributed by atoms with Crippen LogP contribution in [0, 0.1) is 6.92 Å². The normalized spacial score (nSPS) is 11.4. The molecule has 0 bridgehead atoms. The van der Waals surface area contributed by atoms with Crippen LogP contribution in [-0.2, 0) is 13.1 Å². The summed E-state index contributed by atoms with van der Waals surface area (Å²) in [5, 5.41) is 10.8. The largest absolute Gasteiger partial charge is 0.355 e. The Balaban J connectivity index is 1.73. The van der Waals surface area contributed by atoms with Gasteiger partial charge in [0.2, 0.25) is 0 Å². The monoisotopic (exact) mass is 271 g/mol. The Labute approximate surface area is 119 Å². The van der Waals surface area contributed by atoms with Crippen molar-refractivity contribution in [1.82, 2.24) is 20.4 Å². The zero-order valence-electron chi connectivity index (χ0n) is 12.0. The van der Waals surface area contributed by atoms with Gasteiger partial charge in [0.1, 0.15) is 0 Å². The lowest BCUT2D eigenvalue weighted by Gasteiger charge is -2.11. The van der Waals surface area contributed by atoms with Crippen molar-refractivity contribution in [3.05, 3.63) is 53.9 Å². The van der Waals surface area contributed by atoms with Crippen LogP contribution in [0.3, 0.4) is 0 Å². The van der Waals surface area contributed by atoms with Crippen molar-refractivity contribution in [1.29, 1.82) is 0 Å². The van der Waals surface area contributed by atoms with Crippen molar-refractivity contribution in [2.75, 3.05) is 13.6 Å². The number of aryl methyl sites for hydroxylation is 1. The Kier molecular flexibility index (Phi) is 5.17. The molecule has 0 aliphatic rings. The van der Waals surface area contributed by atoms with Crippen molar-refractivity contribution < 1.29 is 0 Å². The Hall–Kier alpha value is -2.30. The molecule has 5 nitrogen and oxygen atoms in total. The number of hydrogen-bond acceptors (Lipinski definition) is 2. The minimum Gasteiger partial charge on any atom is -0.355 e. The van der Waals surface area contributed by atoms with Crippen molar-refractivity contribution in [3.63, 3.8) is 0 Å². The Morgan fingerprint density at radius 3 is 2.70 bits per heavy atom. The third-order valence-corrected chi connectivity index (χ3v) is 2.92. The molecule has 0 atom stereocenters. The van der Waals surface area contributed by atoms with E-state index in [1.54, 1.807) is 7.05 Å². The number of aliphatic imine (C=N–C) groups is 1. The molecule has 2 rings (SSSR count). The highest BCUT2D eigenvalue weighted by Gasteiger charge is 1.98. The fourth-order valence-corrected chi connectivity index (χ4v) is 1.88. The number of nitrogens with one attached hydrogen (secondary N) is 2. The van der Waals surface area contributed by atoms with E-state index in [1.165, 1.54) is 11.1 Å². The van der Waals surface area contributed by atoms with Gasteiger partial charge in [-0.25, -0.2) is 0 Å². The van der Waals surface area contributed by atoms with Gasteiger partial charge in [0.15, 0.2) is 5.96 Å². The van der Waals surface area contributed by atoms with Gasteiger partial charge in [-0.2, -0.15) is 5.10 Å². The number of rotatable bonds is 5. The van der Waals surface area contributed by atoms with Gasteiger partial charge in [-0.15, -0.1) is 0 Å². The maximum absolute atomic E-state index is 4.25. The van der Waals surface area contributed by atoms with Gasteiger partial charge in [0.25, 0.3) is 0 Å². The fourth-order valence-electron chi connectivity index (χ4n) is 1.88. The van der Waals surface area contributed by atoms with E-state index < -0.39 is 0 Å². The summed E-state index contributed by atoms with van der Waals surface area (Å²) in [7, 11) is 1.78. The number of guanidine groups is 1. The fraction of sp³-hybridized carbons (Fsp3) is 0.333. The third-order valence-electron chi connectivity index (χ3n) is 2.92. The standard InChI is InChI=1S/C15H21N5/c1-13-10-19-20(12-13)9-8-17-15(16-2)18-11-14-6-4-3-5-7-14/h3-7,10,12H,8-9,11H2,1-2H3,(H2,16,17,18). The topological polar surface area (TPSA) is 54.2 Å². The molecule has 20 heavy (non-hydrogen) atoms. The molecule has 0 saturated carbocycles. The van der Waals surface area contributed by atoms with E-state index in [1.807, 2.05) is 42.2 Å². The van der Waals surface area contributed by atoms with E-state index >= 15 is 0 Å². The molecule has 0 aliphatic carbocycles. The zero-order chi connectivity index (χ0) is 14.2. The lowest BCUT2D eigenvalue weighted by Crippen LogP contribution is -2.38. The molecule has 2 N–H and O–H groups in total. The highest BCUT2D eigenvalue weighted by atomic mass is 15.3. The van der Waals surface area contributed by atoms with Crippen molar-refractivity contribution >= 4 is 5.96 Å². The summed E-state index contributed by atoms with van der Waals surface area (Å²) >= 11 is 0. The minimum atomic E-state index is 0.765. The van der Waals surface area contributed by atoms with Crippen LogP contribution >= 0.6 is 0 Å². The first kappa shape index (κ1) is 14.1. The van der Waals surface area contributed by atoms with Crippen molar-refractivity contribution in [2.45, 2.75) is 20.0 Å². The summed E-state index contributed by atoms with van der Waals surface area (Å²) in [6.07, 6.45) is 3.89. The van der Waals surface area contributed by atoms with Gasteiger partial charge in [-0.1, -0.05) is 30.3 Å². The second-order valence-electron chi connectivity index (χ2n) is 4.62. The SMILES string of the molecule is CN=C(NCCn1cc(C)cn1)NCc1ccccc1. The van der Waals surface area contributed by atoms with Crippen LogP contribution in [0.2, 0.25) is 0 Å². The number of aromatic nitrogens is 2. The predicted molar refractivity (Wildman–Crippen MR) is 81.6 cm³/mol. The Bertz CT molecular complexity index is 544. The van der Waals surface area contributed by atoms with Gasteiger partial charge in [0, 0.05) is 26.3 Å². The quantitative estimate of drug-likeness (QED) is 0.641. The van der Waals surface area contributed by atoms with Crippen LogP contribution in [0.1, 0.15) is 11.1 Å². The number of hydrogen-bond donors (Lipinski definition) is 2. The maximum Gasteiger partial charge on any atom is 0.191 e. The van der Waals surface area contributed by atoms with Crippen molar-refractivity contribution in [2.24, 2.45) is 4.99 Å². The molecule has 0 spiro atoms. The maximum atomic E-state index is 4.25. The van der Waals surface area contributed by atoms with E-state index in [4.69, 9.17) is 0 Å². The first-order valence-corrected chi connectivity index (χ1v) is 6.75. The molecular formula is C15H21N5. The van der Waals surface area contributed by atoms with E-state index in [2.05, 4.69) is 32.9 Å². The molecule has 0 amide bonds. The minimum absolute atomic E-state index is 0.765. The zero-order valence-corrected chi connectivity index (χ0v) is 12.0. The second-order valence-corrected chi connectivity index (χ2v) is 4.62. The van der Waals surface area contributed by atoms with Crippen LogP contribution in [0.15, 0.2) is 47.7 Å². The van der Waals surface area contributed by atoms with Crippen molar-refractivity contribution in [3.8, 4) is 0 Å². The van der Waals surface area contributed by atoms with Gasteiger partial charge in [0.05, 0.1) is 12.7 Å². The Morgan fingerprint density at radius 1 is 1.25 bits per heavy atom. The summed E-state index contributed by atoms with van der Waals surface area (Å²) in [5.74, 6) is 0.803. The molecule has 2 aromatic rings. The molecule has 106 valence electrons. The van der Waals surface area contributed by atoms with E-state index in [0.717, 1.165) is 25.6 Å². The average Bonchev–Trinajstić information content (AvgIpc) is 2.89. The molecular weight excluding hydrogens is 250 g/mol. The summed E-state index contributed by atoms with van der Waals surface area (Å²) < 4.78 is 1.92. The molecule has 1 aromatic carbocycles. The molecule has 0 unspecified atom stereocenters. The first-order chi connectivity index (χ1) is 9.78. The highest BCUT2D eigenvalue weighted by molar-refractivity contribution is 5.79. The summed E-state index contributed by atoms with van der Waals surface area (Å²) in [5.41, 5.74) is 2.41. The summed E-state index contributed by atoms with van der Waals surface area (Å²) in [6.45, 7) is 4.41. The molecule has 1 aromatic heterocycles. The molecule has 0 fully saturated rings. The molecule has 0 saturated heterocycles. The molecule has 1 heterocycles. The lowest BCUT2D eigenvalue weighted by atomic mass is 10.2. The smallest absolute Gasteiger partial charge is 0.191 e. The van der Waals surface area contributed by atoms with Crippen LogP contribution in [0.4, 0.5) is 0 Å². The number of benzene rings is 1. The van der Waals surface area contributed by atoms with Crippen LogP contribution < -0.4 is 10.6 Å². The van der Waals surface area contributed by atoms with Gasteiger partial charge < -0.3 is 10.6 Å². The molecule has 0 radical (unpaired) electrons. The average molecular weight is 271 g/mol. The van der Waals surface area contributed by atoms with E-state index in [-0.39, 0.29) is 0 Å². The van der Waals surface area contributed by atoms with Crippen LogP contribution in [0.25, 0.3) is 0 Å². The summed E-state index contributed by atoms with van der Waals surface area (Å²) in [4.78, 5) is 4.20. The highest BCUT2D eigenvalue weighted by Crippen LogP contribution is 1.97. The Morgan fingerprint density at radius 2 is 2.05 bits per heavy atom. The van der Waals surface area contributed by atoms with E-state index in [9.17, 15) is 0 Å². The second kappa shape index (κ2) is 7.33. The van der Waals surface area contributed by atoms with Gasteiger partial charge in [-0.05, 0) is 18.1 Å². The summed E-state index contributed by atoms with van der Waals surface area (Å²) in [6, 6.07) is 10.3. The third kappa shape index (κ3) is 4.42. The lowest BCUT2D eigenvalue weighted by molar-refractivity contribution is 0.597. The number of nitrogens with zero attached hydrogens (tertiary/aromatic N) is 3. The first-order valence-electron chi connectivity index (χ1n) is 6.75. The predicted octanol–water partition coefficient (Wildman–Crippen LogP) is 1.56.